The van der Waals surface area contributed by atoms with Crippen molar-refractivity contribution in [3.63, 3.8) is 0 Å². The lowest BCUT2D eigenvalue weighted by Crippen LogP contribution is -2.40. The van der Waals surface area contributed by atoms with Crippen LogP contribution in [-0.4, -0.2) is 30.9 Å². The maximum absolute atomic E-state index is 13.2. The predicted molar refractivity (Wildman–Crippen MR) is 97.9 cm³/mol. The maximum atomic E-state index is 13.2. The van der Waals surface area contributed by atoms with Crippen LogP contribution in [0, 0.1) is 0 Å². The van der Waals surface area contributed by atoms with Crippen LogP contribution in [0.2, 0.25) is 0 Å². The third-order valence-electron chi connectivity index (χ3n) is 4.98. The molecule has 0 aromatic heterocycles. The lowest BCUT2D eigenvalue weighted by molar-refractivity contribution is 0.0220. The maximum Gasteiger partial charge on any atom is 0.231 e. The minimum absolute atomic E-state index is 0.0636. The summed E-state index contributed by atoms with van der Waals surface area (Å²) in [6.07, 6.45) is 0.776. The van der Waals surface area contributed by atoms with Gasteiger partial charge in [-0.3, -0.25) is 4.79 Å². The smallest absolute Gasteiger partial charge is 0.231 e. The molecule has 1 aliphatic carbocycles. The summed E-state index contributed by atoms with van der Waals surface area (Å²) in [7, 11) is 1.56. The molecular weight excluding hydrogens is 348 g/mol. The number of hydrogen-bond acceptors (Lipinski definition) is 6. The zero-order valence-corrected chi connectivity index (χ0v) is 15.6. The monoisotopic (exact) mass is 370 g/mol. The summed E-state index contributed by atoms with van der Waals surface area (Å²) in [6, 6.07) is 8.61. The molecule has 6 nitrogen and oxygen atoms in total. The van der Waals surface area contributed by atoms with Crippen LogP contribution < -0.4 is 18.9 Å². The van der Waals surface area contributed by atoms with Crippen molar-refractivity contribution in [3.8, 4) is 23.0 Å². The Kier molecular flexibility index (Phi) is 4.23. The molecule has 1 aliphatic heterocycles. The third-order valence-corrected chi connectivity index (χ3v) is 4.98. The zero-order chi connectivity index (χ0) is 19.2. The van der Waals surface area contributed by atoms with Crippen molar-refractivity contribution in [2.75, 3.05) is 13.9 Å². The van der Waals surface area contributed by atoms with Gasteiger partial charge >= 0.3 is 0 Å². The Morgan fingerprint density at radius 2 is 1.85 bits per heavy atom. The number of rotatable bonds is 4. The Morgan fingerprint density at radius 1 is 1.11 bits per heavy atom. The van der Waals surface area contributed by atoms with Crippen LogP contribution in [0.1, 0.15) is 41.8 Å². The van der Waals surface area contributed by atoms with Gasteiger partial charge in [-0.1, -0.05) is 6.07 Å². The van der Waals surface area contributed by atoms with E-state index in [-0.39, 0.29) is 25.1 Å². The summed E-state index contributed by atoms with van der Waals surface area (Å²) in [6.45, 7) is 3.96. The van der Waals surface area contributed by atoms with E-state index in [4.69, 9.17) is 18.9 Å². The molecule has 6 heteroatoms. The summed E-state index contributed by atoms with van der Waals surface area (Å²) in [5.74, 6) is 1.89. The van der Waals surface area contributed by atoms with Crippen LogP contribution in [0.25, 0.3) is 0 Å². The minimum Gasteiger partial charge on any atom is -0.493 e. The fourth-order valence-corrected chi connectivity index (χ4v) is 3.61. The number of aryl methyl sites for hydroxylation is 1. The van der Waals surface area contributed by atoms with Crippen LogP contribution in [-0.2, 0) is 12.0 Å². The first-order chi connectivity index (χ1) is 12.9. The molecule has 0 bridgehead atoms. The average molecular weight is 370 g/mol. The molecule has 2 aliphatic rings. The number of benzene rings is 2. The highest BCUT2D eigenvalue weighted by molar-refractivity contribution is 6.05. The molecule has 0 fully saturated rings. The molecule has 2 aromatic carbocycles. The van der Waals surface area contributed by atoms with Gasteiger partial charge < -0.3 is 24.1 Å². The fourth-order valence-electron chi connectivity index (χ4n) is 3.61. The molecular formula is C21H22O6. The summed E-state index contributed by atoms with van der Waals surface area (Å²) in [5, 5.41) is 11.3. The molecule has 1 heterocycles. The van der Waals surface area contributed by atoms with Crippen LogP contribution in [0.3, 0.4) is 0 Å². The largest absolute Gasteiger partial charge is 0.493 e. The number of carbonyl (C=O) groups excluding carboxylic acids is 1. The van der Waals surface area contributed by atoms with Gasteiger partial charge in [-0.2, -0.15) is 0 Å². The Bertz CT molecular complexity index is 904. The second-order valence-corrected chi connectivity index (χ2v) is 7.08. The van der Waals surface area contributed by atoms with Gasteiger partial charge in [0.1, 0.15) is 0 Å². The number of ether oxygens (including phenoxy) is 4. The van der Waals surface area contributed by atoms with Crippen LogP contribution in [0.5, 0.6) is 23.0 Å². The summed E-state index contributed by atoms with van der Waals surface area (Å²) in [5.41, 5.74) is 0.200. The van der Waals surface area contributed by atoms with Gasteiger partial charge in [-0.15, -0.1) is 0 Å². The lowest BCUT2D eigenvalue weighted by atomic mass is 9.75. The van der Waals surface area contributed by atoms with Crippen molar-refractivity contribution >= 4 is 5.78 Å². The molecule has 27 heavy (non-hydrogen) atoms. The van der Waals surface area contributed by atoms with Crippen LogP contribution in [0.4, 0.5) is 0 Å². The molecule has 142 valence electrons. The molecule has 0 spiro atoms. The topological polar surface area (TPSA) is 74.2 Å². The standard InChI is InChI=1S/C21H22O6/c1-12(2)27-19-9-14(4-5-16(19)24-3)21(23)7-6-13-8-17-18(26-11-25-17)10-15(13)20(21)22/h4-5,8-10,12,23H,6-7,11H2,1-3H3. The molecule has 0 saturated heterocycles. The van der Waals surface area contributed by atoms with Crippen molar-refractivity contribution in [2.24, 2.45) is 0 Å². The molecule has 1 atom stereocenters. The first-order valence-corrected chi connectivity index (χ1v) is 8.97. The predicted octanol–water partition coefficient (Wildman–Crippen LogP) is 3.23. The summed E-state index contributed by atoms with van der Waals surface area (Å²) >= 11 is 0. The average Bonchev–Trinajstić information content (AvgIpc) is 3.10. The Labute approximate surface area is 157 Å². The van der Waals surface area contributed by atoms with Gasteiger partial charge in [0.25, 0.3) is 0 Å². The lowest BCUT2D eigenvalue weighted by Gasteiger charge is -2.33. The van der Waals surface area contributed by atoms with E-state index in [1.807, 2.05) is 19.9 Å². The van der Waals surface area contributed by atoms with Crippen LogP contribution >= 0.6 is 0 Å². The summed E-state index contributed by atoms with van der Waals surface area (Å²) in [4.78, 5) is 13.2. The molecule has 0 amide bonds. The minimum atomic E-state index is -1.62. The first kappa shape index (κ1) is 17.7. The number of methoxy groups -OCH3 is 1. The summed E-state index contributed by atoms with van der Waals surface area (Å²) < 4.78 is 21.9. The highest BCUT2D eigenvalue weighted by Gasteiger charge is 2.43. The number of Topliss-reactive ketones (excluding diaryl/α,β-unsaturated/α-hetero) is 1. The van der Waals surface area contributed by atoms with Crippen molar-refractivity contribution < 1.29 is 28.8 Å². The van der Waals surface area contributed by atoms with Crippen molar-refractivity contribution in [2.45, 2.75) is 38.4 Å². The Hall–Kier alpha value is -2.73. The van der Waals surface area contributed by atoms with Crippen molar-refractivity contribution in [3.05, 3.63) is 47.0 Å². The van der Waals surface area contributed by atoms with Crippen LogP contribution in [0.15, 0.2) is 30.3 Å². The first-order valence-electron chi connectivity index (χ1n) is 8.97. The molecule has 0 saturated carbocycles. The highest BCUT2D eigenvalue weighted by Crippen LogP contribution is 2.43. The zero-order valence-electron chi connectivity index (χ0n) is 15.6. The van der Waals surface area contributed by atoms with Crippen molar-refractivity contribution in [1.29, 1.82) is 0 Å². The third kappa shape index (κ3) is 2.90. The van der Waals surface area contributed by atoms with Gasteiger partial charge in [0.15, 0.2) is 34.4 Å². The van der Waals surface area contributed by atoms with Gasteiger partial charge in [0.05, 0.1) is 13.2 Å². The second-order valence-electron chi connectivity index (χ2n) is 7.08. The SMILES string of the molecule is COc1ccc(C2(O)CCc3cc4c(cc3C2=O)OCO4)cc1OC(C)C. The molecule has 4 rings (SSSR count). The normalized spacial score (nSPS) is 20.6. The van der Waals surface area contributed by atoms with E-state index >= 15 is 0 Å². The van der Waals surface area contributed by atoms with E-state index in [9.17, 15) is 9.90 Å². The van der Waals surface area contributed by atoms with Gasteiger partial charge in [-0.05, 0) is 62.1 Å². The van der Waals surface area contributed by atoms with E-state index in [2.05, 4.69) is 0 Å². The van der Waals surface area contributed by atoms with Gasteiger partial charge in [0, 0.05) is 5.56 Å². The molecule has 1 N–H and O–H groups in total. The number of aliphatic hydroxyl groups is 1. The molecule has 0 radical (unpaired) electrons. The quantitative estimate of drug-likeness (QED) is 0.891. The highest BCUT2D eigenvalue weighted by atomic mass is 16.7. The molecule has 2 aromatic rings. The van der Waals surface area contributed by atoms with E-state index in [0.29, 0.717) is 40.5 Å². The van der Waals surface area contributed by atoms with Crippen molar-refractivity contribution in [1.82, 2.24) is 0 Å². The number of fused-ring (bicyclic) bond motifs is 2. The van der Waals surface area contributed by atoms with E-state index in [1.165, 1.54) is 0 Å². The van der Waals surface area contributed by atoms with E-state index in [0.717, 1.165) is 5.56 Å². The van der Waals surface area contributed by atoms with E-state index < -0.39 is 5.60 Å². The Balaban J connectivity index is 1.75. The van der Waals surface area contributed by atoms with Gasteiger partial charge in [-0.25, -0.2) is 0 Å². The second kappa shape index (κ2) is 6.46. The van der Waals surface area contributed by atoms with E-state index in [1.54, 1.807) is 31.4 Å². The van der Waals surface area contributed by atoms with Gasteiger partial charge in [0.2, 0.25) is 6.79 Å². The number of carbonyl (C=O) groups is 1. The number of hydrogen-bond donors (Lipinski definition) is 1. The Morgan fingerprint density at radius 3 is 2.56 bits per heavy atom. The fraction of sp³-hybridized carbons (Fsp3) is 0.381. The molecule has 1 unspecified atom stereocenters. The number of ketones is 1.